The molecular weight excluding hydrogens is 326 g/mol. The Morgan fingerprint density at radius 3 is 2.62 bits per heavy atom. The molecule has 0 radical (unpaired) electrons. The molecule has 1 amide bonds. The van der Waals surface area contributed by atoms with Gasteiger partial charge in [0, 0.05) is 22.7 Å². The van der Waals surface area contributed by atoms with Gasteiger partial charge in [-0.3, -0.25) is 14.8 Å². The van der Waals surface area contributed by atoms with Crippen molar-refractivity contribution in [1.82, 2.24) is 20.0 Å². The van der Waals surface area contributed by atoms with Crippen LogP contribution in [0.2, 0.25) is 0 Å². The van der Waals surface area contributed by atoms with Gasteiger partial charge in [0.05, 0.1) is 0 Å². The number of hydrogen-bond acceptors (Lipinski definition) is 6. The maximum atomic E-state index is 12.2. The van der Waals surface area contributed by atoms with Crippen LogP contribution in [-0.4, -0.2) is 32.1 Å². The molecule has 0 bridgehead atoms. The lowest BCUT2D eigenvalue weighted by molar-refractivity contribution is 0.102. The third-order valence-electron chi connectivity index (χ3n) is 3.38. The molecule has 124 valence electrons. The van der Waals surface area contributed by atoms with Crippen LogP contribution in [0, 0.1) is 0 Å². The highest BCUT2D eigenvalue weighted by Crippen LogP contribution is 2.22. The lowest BCUT2D eigenvalue weighted by Crippen LogP contribution is -2.11. The van der Waals surface area contributed by atoms with Crippen molar-refractivity contribution in [2.75, 3.05) is 11.6 Å². The molecule has 0 aliphatic carbocycles. The summed E-state index contributed by atoms with van der Waals surface area (Å²) in [5.41, 5.74) is 1.24. The number of thioether (sulfide) groups is 1. The lowest BCUT2D eigenvalue weighted by Gasteiger charge is -2.07. The first-order valence-electron chi connectivity index (χ1n) is 7.41. The summed E-state index contributed by atoms with van der Waals surface area (Å²) in [5.74, 6) is 0.0180. The summed E-state index contributed by atoms with van der Waals surface area (Å²) < 4.78 is 7.31. The molecule has 1 aromatic carbocycles. The number of carbonyl (C=O) groups excluding carboxylic acids is 1. The van der Waals surface area contributed by atoms with Crippen LogP contribution >= 0.6 is 11.8 Å². The van der Waals surface area contributed by atoms with Gasteiger partial charge >= 0.3 is 6.01 Å². The number of hydrogen-bond donors (Lipinski definition) is 1. The monoisotopic (exact) mass is 343 g/mol. The van der Waals surface area contributed by atoms with E-state index < -0.39 is 0 Å². The first-order chi connectivity index (χ1) is 11.6. The lowest BCUT2D eigenvalue weighted by atomic mass is 10.2. The van der Waals surface area contributed by atoms with Gasteiger partial charge in [-0.25, -0.2) is 0 Å². The minimum Gasteiger partial charge on any atom is -0.401 e. The van der Waals surface area contributed by atoms with Crippen molar-refractivity contribution in [2.45, 2.75) is 24.8 Å². The van der Waals surface area contributed by atoms with Crippen LogP contribution in [0.4, 0.5) is 6.01 Å². The topological polar surface area (TPSA) is 85.8 Å². The van der Waals surface area contributed by atoms with Crippen molar-refractivity contribution in [3.05, 3.63) is 42.1 Å². The van der Waals surface area contributed by atoms with Gasteiger partial charge in [0.1, 0.15) is 5.69 Å². The molecular formula is C16H17N5O2S. The molecule has 0 atom stereocenters. The first kappa shape index (κ1) is 16.3. The van der Waals surface area contributed by atoms with E-state index in [1.54, 1.807) is 40.8 Å². The number of aromatic nitrogens is 4. The molecule has 0 unspecified atom stereocenters. The van der Waals surface area contributed by atoms with Gasteiger partial charge in [-0.2, -0.15) is 5.10 Å². The molecule has 0 aliphatic heterocycles. The van der Waals surface area contributed by atoms with E-state index >= 15 is 0 Å². The molecule has 0 aliphatic rings. The number of carbonyl (C=O) groups is 1. The fraction of sp³-hybridized carbons (Fsp3) is 0.250. The number of benzene rings is 1. The number of nitrogens with zero attached hydrogens (tertiary/aromatic N) is 4. The maximum absolute atomic E-state index is 12.2. The quantitative estimate of drug-likeness (QED) is 0.714. The van der Waals surface area contributed by atoms with Gasteiger partial charge in [0.15, 0.2) is 0 Å². The Bertz CT molecular complexity index is 838. The molecule has 2 heterocycles. The zero-order chi connectivity index (χ0) is 17.1. The Kier molecular flexibility index (Phi) is 4.66. The van der Waals surface area contributed by atoms with Crippen LogP contribution in [0.5, 0.6) is 0 Å². The van der Waals surface area contributed by atoms with Gasteiger partial charge in [-0.05, 0) is 50.4 Å². The summed E-state index contributed by atoms with van der Waals surface area (Å²) in [6.07, 6.45) is 3.65. The minimum atomic E-state index is -0.296. The maximum Gasteiger partial charge on any atom is 0.322 e. The Labute approximate surface area is 143 Å². The minimum absolute atomic E-state index is 0.0560. The SMILES string of the molecule is CSc1ccc(C(=O)Nc2nnc(-c3ccnn3C(C)C)o2)cc1. The van der Waals surface area contributed by atoms with Gasteiger partial charge in [-0.1, -0.05) is 5.10 Å². The van der Waals surface area contributed by atoms with E-state index in [9.17, 15) is 4.79 Å². The second-order valence-corrected chi connectivity index (χ2v) is 6.23. The molecule has 1 N–H and O–H groups in total. The van der Waals surface area contributed by atoms with Crippen LogP contribution < -0.4 is 5.32 Å². The summed E-state index contributed by atoms with van der Waals surface area (Å²) in [6.45, 7) is 4.02. The Hall–Kier alpha value is -2.61. The highest BCUT2D eigenvalue weighted by Gasteiger charge is 2.16. The van der Waals surface area contributed by atoms with Crippen LogP contribution in [0.25, 0.3) is 11.6 Å². The summed E-state index contributed by atoms with van der Waals surface area (Å²) in [7, 11) is 0. The molecule has 0 saturated carbocycles. The fourth-order valence-corrected chi connectivity index (χ4v) is 2.59. The Morgan fingerprint density at radius 1 is 1.21 bits per heavy atom. The standard InChI is InChI=1S/C16H17N5O2S/c1-10(2)21-13(8-9-17-21)15-19-20-16(23-15)18-14(22)11-4-6-12(24-3)7-5-11/h4-10H,1-3H3,(H,18,20,22). The van der Waals surface area contributed by atoms with Crippen molar-refractivity contribution < 1.29 is 9.21 Å². The first-order valence-corrected chi connectivity index (χ1v) is 8.63. The Morgan fingerprint density at radius 2 is 1.96 bits per heavy atom. The second-order valence-electron chi connectivity index (χ2n) is 5.35. The van der Waals surface area contributed by atoms with E-state index in [1.807, 2.05) is 32.2 Å². The van der Waals surface area contributed by atoms with E-state index in [0.29, 0.717) is 17.1 Å². The highest BCUT2D eigenvalue weighted by molar-refractivity contribution is 7.98. The molecule has 24 heavy (non-hydrogen) atoms. The van der Waals surface area contributed by atoms with Crippen molar-refractivity contribution in [3.63, 3.8) is 0 Å². The predicted molar refractivity (Wildman–Crippen MR) is 92.1 cm³/mol. The smallest absolute Gasteiger partial charge is 0.322 e. The summed E-state index contributed by atoms with van der Waals surface area (Å²) in [4.78, 5) is 13.3. The molecule has 2 aromatic heterocycles. The molecule has 3 rings (SSSR count). The van der Waals surface area contributed by atoms with E-state index in [2.05, 4.69) is 20.6 Å². The zero-order valence-electron chi connectivity index (χ0n) is 13.6. The number of rotatable bonds is 5. The summed E-state index contributed by atoms with van der Waals surface area (Å²) >= 11 is 1.62. The second kappa shape index (κ2) is 6.88. The van der Waals surface area contributed by atoms with Crippen molar-refractivity contribution >= 4 is 23.7 Å². The number of nitrogens with one attached hydrogen (secondary N) is 1. The molecule has 0 spiro atoms. The van der Waals surface area contributed by atoms with Crippen molar-refractivity contribution in [2.24, 2.45) is 0 Å². The highest BCUT2D eigenvalue weighted by atomic mass is 32.2. The van der Waals surface area contributed by atoms with E-state index in [1.165, 1.54) is 0 Å². The Balaban J connectivity index is 1.76. The van der Waals surface area contributed by atoms with Gasteiger partial charge < -0.3 is 4.42 Å². The van der Waals surface area contributed by atoms with Crippen molar-refractivity contribution in [3.8, 4) is 11.6 Å². The van der Waals surface area contributed by atoms with Crippen LogP contribution in [0.3, 0.4) is 0 Å². The normalized spacial score (nSPS) is 11.0. The van der Waals surface area contributed by atoms with Gasteiger partial charge in [0.2, 0.25) is 0 Å². The fourth-order valence-electron chi connectivity index (χ4n) is 2.18. The zero-order valence-corrected chi connectivity index (χ0v) is 14.4. The average molecular weight is 343 g/mol. The largest absolute Gasteiger partial charge is 0.401 e. The molecule has 8 heteroatoms. The summed E-state index contributed by atoms with van der Waals surface area (Å²) in [5, 5.41) is 14.7. The number of anilines is 1. The molecule has 0 fully saturated rings. The predicted octanol–water partition coefficient (Wildman–Crippen LogP) is 3.49. The average Bonchev–Trinajstić information content (AvgIpc) is 3.23. The number of amides is 1. The third-order valence-corrected chi connectivity index (χ3v) is 4.12. The molecule has 3 aromatic rings. The van der Waals surface area contributed by atoms with Crippen molar-refractivity contribution in [1.29, 1.82) is 0 Å². The van der Waals surface area contributed by atoms with Crippen LogP contribution in [0.1, 0.15) is 30.2 Å². The third kappa shape index (κ3) is 3.33. The molecule has 7 nitrogen and oxygen atoms in total. The van der Waals surface area contributed by atoms with E-state index in [4.69, 9.17) is 4.42 Å². The van der Waals surface area contributed by atoms with E-state index in [-0.39, 0.29) is 18.0 Å². The van der Waals surface area contributed by atoms with Crippen LogP contribution in [0.15, 0.2) is 45.8 Å². The summed E-state index contributed by atoms with van der Waals surface area (Å²) in [6, 6.07) is 9.30. The molecule has 0 saturated heterocycles. The van der Waals surface area contributed by atoms with Crippen LogP contribution in [-0.2, 0) is 0 Å². The van der Waals surface area contributed by atoms with Gasteiger partial charge in [0.25, 0.3) is 11.8 Å². The van der Waals surface area contributed by atoms with Gasteiger partial charge in [-0.15, -0.1) is 16.9 Å². The van der Waals surface area contributed by atoms with E-state index in [0.717, 1.165) is 4.90 Å².